The van der Waals surface area contributed by atoms with Crippen LogP contribution >= 0.6 is 23.2 Å². The smallest absolute Gasteiger partial charge is 0.264 e. The van der Waals surface area contributed by atoms with Crippen LogP contribution in [0.2, 0.25) is 10.0 Å². The van der Waals surface area contributed by atoms with Gasteiger partial charge in [-0.1, -0.05) is 29.3 Å². The third-order valence-corrected chi connectivity index (χ3v) is 4.90. The highest BCUT2D eigenvalue weighted by Gasteiger charge is 2.23. The highest BCUT2D eigenvalue weighted by atomic mass is 35.5. The van der Waals surface area contributed by atoms with E-state index >= 15 is 0 Å². The number of hydrogen-bond donors (Lipinski definition) is 0. The largest absolute Gasteiger partial charge is 0.496 e. The molecule has 0 fully saturated rings. The summed E-state index contributed by atoms with van der Waals surface area (Å²) in [7, 11) is -2.41. The van der Waals surface area contributed by atoms with Crippen molar-refractivity contribution in [2.45, 2.75) is 18.9 Å². The summed E-state index contributed by atoms with van der Waals surface area (Å²) in [6, 6.07) is 9.16. The molecule has 27 heavy (non-hydrogen) atoms. The first-order valence-corrected chi connectivity index (χ1v) is 10.3. The van der Waals surface area contributed by atoms with Gasteiger partial charge >= 0.3 is 0 Å². The van der Waals surface area contributed by atoms with E-state index in [1.807, 2.05) is 6.07 Å². The molecule has 0 aliphatic rings. The van der Waals surface area contributed by atoms with Crippen LogP contribution in [0, 0.1) is 17.1 Å². The predicted molar refractivity (Wildman–Crippen MR) is 102 cm³/mol. The van der Waals surface area contributed by atoms with Crippen LogP contribution in [0.5, 0.6) is 5.75 Å². The molecule has 0 aliphatic heterocycles. The molecule has 0 aromatic heterocycles. The molecule has 0 N–H and O–H groups in total. The third kappa shape index (κ3) is 5.56. The first-order chi connectivity index (χ1) is 12.7. The summed E-state index contributed by atoms with van der Waals surface area (Å²) in [6.45, 7) is 0. The molecule has 0 saturated heterocycles. The molecule has 2 rings (SSSR count). The number of hydrogen-bond acceptors (Lipinski definition) is 5. The Labute approximate surface area is 167 Å². The number of ether oxygens (including phenoxy) is 1. The minimum absolute atomic E-state index is 0.0589. The Balaban J connectivity index is 2.58. The van der Waals surface area contributed by atoms with E-state index in [9.17, 15) is 12.8 Å². The number of nitrogens with zero attached hydrogens (tertiary/aromatic N) is 1. The second-order valence-electron chi connectivity index (χ2n) is 5.73. The third-order valence-electron chi connectivity index (χ3n) is 3.64. The van der Waals surface area contributed by atoms with Crippen molar-refractivity contribution in [1.82, 2.24) is 0 Å². The van der Waals surface area contributed by atoms with Crippen molar-refractivity contribution in [3.63, 3.8) is 0 Å². The molecule has 2 aromatic rings. The molecule has 0 unspecified atom stereocenters. The zero-order chi connectivity index (χ0) is 20.2. The second kappa shape index (κ2) is 8.89. The Bertz CT molecular complexity index is 969. The van der Waals surface area contributed by atoms with E-state index in [0.717, 1.165) is 6.26 Å². The maximum atomic E-state index is 14.3. The highest BCUT2D eigenvalue weighted by molar-refractivity contribution is 7.86. The normalized spacial score (nSPS) is 12.4. The van der Waals surface area contributed by atoms with E-state index in [4.69, 9.17) is 37.4 Å². The van der Waals surface area contributed by atoms with Crippen LogP contribution in [0.4, 0.5) is 4.39 Å². The van der Waals surface area contributed by atoms with Gasteiger partial charge in [0.2, 0.25) is 0 Å². The second-order valence-corrected chi connectivity index (χ2v) is 8.15. The lowest BCUT2D eigenvalue weighted by Gasteiger charge is -2.19. The van der Waals surface area contributed by atoms with Crippen LogP contribution in [0.15, 0.2) is 30.3 Å². The molecule has 9 heteroatoms. The number of nitriles is 1. The molecule has 0 aliphatic carbocycles. The molecule has 0 spiro atoms. The van der Waals surface area contributed by atoms with Gasteiger partial charge in [0.25, 0.3) is 10.1 Å². The number of methoxy groups -OCH3 is 1. The molecular formula is C18H16Cl2FNO4S. The summed E-state index contributed by atoms with van der Waals surface area (Å²) < 4.78 is 47.5. The van der Waals surface area contributed by atoms with Crippen molar-refractivity contribution in [2.75, 3.05) is 13.4 Å². The topological polar surface area (TPSA) is 76.4 Å². The summed E-state index contributed by atoms with van der Waals surface area (Å²) in [5.41, 5.74) is 1.03. The average molecular weight is 432 g/mol. The fraction of sp³-hybridized carbons (Fsp3) is 0.278. The summed E-state index contributed by atoms with van der Waals surface area (Å²) in [5.74, 6) is -0.321. The van der Waals surface area contributed by atoms with Gasteiger partial charge in [-0.05, 0) is 24.3 Å². The van der Waals surface area contributed by atoms with Crippen molar-refractivity contribution in [3.05, 3.63) is 51.8 Å². The first-order valence-electron chi connectivity index (χ1n) is 7.72. The number of rotatable bonds is 7. The summed E-state index contributed by atoms with van der Waals surface area (Å²) in [5, 5.41) is 9.54. The van der Waals surface area contributed by atoms with Gasteiger partial charge in [-0.15, -0.1) is 0 Å². The lowest BCUT2D eigenvalue weighted by atomic mass is 9.97. The van der Waals surface area contributed by atoms with E-state index < -0.39 is 22.0 Å². The zero-order valence-electron chi connectivity index (χ0n) is 14.5. The first kappa shape index (κ1) is 21.5. The molecule has 1 atom stereocenters. The van der Waals surface area contributed by atoms with Crippen LogP contribution in [-0.2, 0) is 20.7 Å². The summed E-state index contributed by atoms with van der Waals surface area (Å²) in [4.78, 5) is 0. The average Bonchev–Trinajstić information content (AvgIpc) is 2.53. The fourth-order valence-corrected chi connectivity index (χ4v) is 3.95. The van der Waals surface area contributed by atoms with Gasteiger partial charge in [-0.2, -0.15) is 13.7 Å². The SMILES string of the molecule is COc1c(C[C@@H](CC#N)OS(C)(=O)=O)cc(F)cc1-c1c(Cl)cccc1Cl. The van der Waals surface area contributed by atoms with E-state index in [1.165, 1.54) is 19.2 Å². The van der Waals surface area contributed by atoms with Crippen LogP contribution in [0.25, 0.3) is 11.1 Å². The summed E-state index contributed by atoms with van der Waals surface area (Å²) >= 11 is 12.5. The molecule has 0 saturated carbocycles. The van der Waals surface area contributed by atoms with Crippen molar-refractivity contribution in [2.24, 2.45) is 0 Å². The highest BCUT2D eigenvalue weighted by Crippen LogP contribution is 2.42. The molecule has 0 radical (unpaired) electrons. The minimum atomic E-state index is -3.80. The Morgan fingerprint density at radius 2 is 1.89 bits per heavy atom. The van der Waals surface area contributed by atoms with Crippen LogP contribution in [0.1, 0.15) is 12.0 Å². The van der Waals surface area contributed by atoms with Gasteiger partial charge < -0.3 is 4.74 Å². The Morgan fingerprint density at radius 3 is 2.41 bits per heavy atom. The van der Waals surface area contributed by atoms with Crippen molar-refractivity contribution in [1.29, 1.82) is 5.26 Å². The molecule has 0 bridgehead atoms. The van der Waals surface area contributed by atoms with E-state index in [1.54, 1.807) is 18.2 Å². The molecule has 144 valence electrons. The molecule has 2 aromatic carbocycles. The van der Waals surface area contributed by atoms with Crippen molar-refractivity contribution < 1.29 is 21.7 Å². The number of benzene rings is 2. The zero-order valence-corrected chi connectivity index (χ0v) is 16.8. The Hall–Kier alpha value is -1.85. The van der Waals surface area contributed by atoms with Gasteiger partial charge in [0.05, 0.1) is 42.0 Å². The minimum Gasteiger partial charge on any atom is -0.496 e. The van der Waals surface area contributed by atoms with E-state index in [2.05, 4.69) is 0 Å². The van der Waals surface area contributed by atoms with Crippen LogP contribution < -0.4 is 4.74 Å². The molecule has 0 heterocycles. The lowest BCUT2D eigenvalue weighted by molar-refractivity contribution is 0.215. The fourth-order valence-electron chi connectivity index (χ4n) is 2.72. The van der Waals surface area contributed by atoms with E-state index in [0.29, 0.717) is 26.7 Å². The van der Waals surface area contributed by atoms with Crippen LogP contribution in [0.3, 0.4) is 0 Å². The molecule has 0 amide bonds. The monoisotopic (exact) mass is 431 g/mol. The van der Waals surface area contributed by atoms with Gasteiger partial charge in [0.15, 0.2) is 0 Å². The lowest BCUT2D eigenvalue weighted by Crippen LogP contribution is -2.20. The van der Waals surface area contributed by atoms with Crippen LogP contribution in [-0.4, -0.2) is 27.9 Å². The van der Waals surface area contributed by atoms with Gasteiger partial charge in [0.1, 0.15) is 11.6 Å². The van der Waals surface area contributed by atoms with E-state index in [-0.39, 0.29) is 18.6 Å². The van der Waals surface area contributed by atoms with Gasteiger partial charge in [-0.25, -0.2) is 4.39 Å². The molecule has 5 nitrogen and oxygen atoms in total. The van der Waals surface area contributed by atoms with Crippen molar-refractivity contribution >= 4 is 33.3 Å². The van der Waals surface area contributed by atoms with Gasteiger partial charge in [-0.3, -0.25) is 4.18 Å². The summed E-state index contributed by atoms with van der Waals surface area (Å²) in [6.07, 6.45) is -0.365. The Kier molecular flexibility index (Phi) is 7.06. The quantitative estimate of drug-likeness (QED) is 0.598. The molecular weight excluding hydrogens is 416 g/mol. The maximum absolute atomic E-state index is 14.3. The maximum Gasteiger partial charge on any atom is 0.264 e. The Morgan fingerprint density at radius 1 is 1.26 bits per heavy atom. The number of halogens is 3. The van der Waals surface area contributed by atoms with Gasteiger partial charge in [0, 0.05) is 23.1 Å². The van der Waals surface area contributed by atoms with Crippen molar-refractivity contribution in [3.8, 4) is 22.9 Å². The predicted octanol–water partition coefficient (Wildman–Crippen LogP) is 4.61. The standard InChI is InChI=1S/C18H16Cl2FNO4S/c1-25-18-11(9-13(6-7-22)26-27(2,23)24)8-12(21)10-14(18)17-15(19)4-3-5-16(17)20/h3-5,8,10,13H,6,9H2,1-2H3/t13-/m1/s1.